The lowest BCUT2D eigenvalue weighted by Gasteiger charge is -2.63. The summed E-state index contributed by atoms with van der Waals surface area (Å²) in [6, 6.07) is 0.172. The van der Waals surface area contributed by atoms with E-state index in [9.17, 15) is 14.4 Å². The first-order valence-electron chi connectivity index (χ1n) is 14.8. The molecule has 0 aliphatic heterocycles. The van der Waals surface area contributed by atoms with Crippen molar-refractivity contribution in [1.29, 1.82) is 0 Å². The van der Waals surface area contributed by atoms with Crippen molar-refractivity contribution in [2.45, 2.75) is 118 Å². The van der Waals surface area contributed by atoms with Gasteiger partial charge in [0.25, 0.3) is 0 Å². The minimum absolute atomic E-state index is 0.0130. The van der Waals surface area contributed by atoms with Gasteiger partial charge in [-0.1, -0.05) is 33.8 Å². The molecule has 0 aromatic carbocycles. The summed E-state index contributed by atoms with van der Waals surface area (Å²) in [7, 11) is 1.93. The average Bonchev–Trinajstić information content (AvgIpc) is 3.37. The smallest absolute Gasteiger partial charge is 0.410 e. The molecule has 0 radical (unpaired) electrons. The van der Waals surface area contributed by atoms with Gasteiger partial charge in [-0.25, -0.2) is 4.79 Å². The normalized spacial score (nSPS) is 42.4. The second kappa shape index (κ2) is 8.33. The predicted molar refractivity (Wildman–Crippen MR) is 146 cm³/mol. The predicted octanol–water partition coefficient (Wildman–Crippen LogP) is 6.71. The van der Waals surface area contributed by atoms with Crippen LogP contribution < -0.4 is 0 Å². The molecule has 38 heavy (non-hydrogen) atoms. The first-order valence-corrected chi connectivity index (χ1v) is 14.8. The molecule has 0 bridgehead atoms. The van der Waals surface area contributed by atoms with E-state index in [2.05, 4.69) is 33.8 Å². The number of nitrogens with zero attached hydrogens (tertiary/aromatic N) is 1. The van der Waals surface area contributed by atoms with E-state index in [0.717, 1.165) is 24.8 Å². The number of carbonyl (C=O) groups is 3. The minimum Gasteiger partial charge on any atom is -0.457 e. The number of ketones is 1. The highest BCUT2D eigenvalue weighted by Crippen LogP contribution is 2.88. The second-order valence-corrected chi connectivity index (χ2v) is 15.4. The highest BCUT2D eigenvalue weighted by molar-refractivity contribution is 5.99. The van der Waals surface area contributed by atoms with E-state index in [1.54, 1.807) is 0 Å². The van der Waals surface area contributed by atoms with Crippen LogP contribution in [0, 0.1) is 38.9 Å². The molecule has 5 aliphatic rings. The third kappa shape index (κ3) is 3.60. The van der Waals surface area contributed by atoms with Crippen LogP contribution in [-0.4, -0.2) is 48.0 Å². The number of esters is 1. The molecule has 7 atom stereocenters. The number of amides is 1. The van der Waals surface area contributed by atoms with Gasteiger partial charge in [0.1, 0.15) is 5.60 Å². The quantitative estimate of drug-likeness (QED) is 0.380. The summed E-state index contributed by atoms with van der Waals surface area (Å²) < 4.78 is 10.9. The number of fused-ring (bicyclic) bond motifs is 2. The Bertz CT molecular complexity index is 1090. The molecule has 5 aliphatic carbocycles. The molecule has 0 saturated heterocycles. The van der Waals surface area contributed by atoms with Crippen LogP contribution in [0.3, 0.4) is 0 Å². The van der Waals surface area contributed by atoms with Crippen molar-refractivity contribution >= 4 is 17.8 Å². The van der Waals surface area contributed by atoms with Crippen LogP contribution in [0.15, 0.2) is 11.6 Å². The lowest BCUT2D eigenvalue weighted by molar-refractivity contribution is -0.148. The molecular weight excluding hydrogens is 478 g/mol. The number of rotatable bonds is 4. The molecule has 4 saturated carbocycles. The zero-order valence-corrected chi connectivity index (χ0v) is 25.2. The van der Waals surface area contributed by atoms with Gasteiger partial charge in [-0.3, -0.25) is 9.59 Å². The summed E-state index contributed by atoms with van der Waals surface area (Å²) in [5.74, 6) is 0.758. The first-order chi connectivity index (χ1) is 17.5. The third-order valence-electron chi connectivity index (χ3n) is 12.5. The van der Waals surface area contributed by atoms with Crippen LogP contribution in [0.1, 0.15) is 107 Å². The van der Waals surface area contributed by atoms with Gasteiger partial charge in [-0.15, -0.1) is 0 Å². The molecule has 0 heterocycles. The average molecular weight is 528 g/mol. The van der Waals surface area contributed by atoms with Crippen molar-refractivity contribution in [2.75, 3.05) is 13.7 Å². The largest absolute Gasteiger partial charge is 0.457 e. The fraction of sp³-hybridized carbons (Fsp3) is 0.844. The Morgan fingerprint density at radius 3 is 2.24 bits per heavy atom. The maximum atomic E-state index is 13.2. The van der Waals surface area contributed by atoms with Gasteiger partial charge in [0.15, 0.2) is 12.4 Å². The van der Waals surface area contributed by atoms with Crippen molar-refractivity contribution in [3.05, 3.63) is 11.6 Å². The molecule has 4 fully saturated rings. The summed E-state index contributed by atoms with van der Waals surface area (Å²) in [5, 5.41) is 0. The number of ether oxygens (including phenoxy) is 2. The van der Waals surface area contributed by atoms with Gasteiger partial charge >= 0.3 is 12.1 Å². The lowest BCUT2D eigenvalue weighted by Crippen LogP contribution is -2.60. The van der Waals surface area contributed by atoms with Gasteiger partial charge in [-0.05, 0) is 106 Å². The number of Topliss-reactive ketones (excluding diaryl/α,β-unsaturated/α-hetero) is 1. The Morgan fingerprint density at radius 1 is 0.974 bits per heavy atom. The maximum Gasteiger partial charge on any atom is 0.410 e. The number of carbonyl (C=O) groups excluding carboxylic acids is 3. The van der Waals surface area contributed by atoms with Crippen LogP contribution in [0.4, 0.5) is 4.79 Å². The van der Waals surface area contributed by atoms with Crippen LogP contribution in [0.5, 0.6) is 0 Å². The van der Waals surface area contributed by atoms with E-state index in [-0.39, 0.29) is 40.8 Å². The Balaban J connectivity index is 1.38. The molecule has 1 amide bonds. The van der Waals surface area contributed by atoms with Crippen molar-refractivity contribution in [3.63, 3.8) is 0 Å². The van der Waals surface area contributed by atoms with Crippen molar-refractivity contribution in [3.8, 4) is 0 Å². The standard InChI is InChI=1S/C32H49NO5/c1-20(34)37-18-22(35)21-12-14-30(8)24-11-10-23-28(5,6)25(33(9)26(36)38-27(2,3)4)13-15-31(23)19-32(24,31)17-16-29(21,30)7/h12,23-25H,10-11,13-19H2,1-9H3/t23-,24-,25-,29+,30-,31+,32-/m0/s1. The SMILES string of the molecule is CC(=O)OCC(=O)C1=CC[C@@]2(C)[C@@H]3CC[C@H]4C(C)(C)[C@@H](N(C)C(=O)OC(C)(C)C)CC[C@@]45C[C@@]35CC[C@]12C. The van der Waals surface area contributed by atoms with Crippen LogP contribution >= 0.6 is 0 Å². The van der Waals surface area contributed by atoms with Crippen LogP contribution in [0.2, 0.25) is 0 Å². The fourth-order valence-electron chi connectivity index (χ4n) is 10.7. The maximum absolute atomic E-state index is 13.2. The molecule has 212 valence electrons. The zero-order chi connectivity index (χ0) is 28.1. The van der Waals surface area contributed by atoms with E-state index in [1.807, 2.05) is 32.7 Å². The topological polar surface area (TPSA) is 72.9 Å². The van der Waals surface area contributed by atoms with E-state index in [1.165, 1.54) is 39.0 Å². The van der Waals surface area contributed by atoms with Gasteiger partial charge in [0.05, 0.1) is 0 Å². The highest BCUT2D eigenvalue weighted by atomic mass is 16.6. The highest BCUT2D eigenvalue weighted by Gasteiger charge is 2.82. The molecule has 0 unspecified atom stereocenters. The summed E-state index contributed by atoms with van der Waals surface area (Å²) in [6.45, 7) is 16.6. The Hall–Kier alpha value is -1.85. The van der Waals surface area contributed by atoms with Gasteiger partial charge < -0.3 is 14.4 Å². The van der Waals surface area contributed by atoms with E-state index >= 15 is 0 Å². The van der Waals surface area contributed by atoms with Crippen LogP contribution in [0.25, 0.3) is 0 Å². The van der Waals surface area contributed by atoms with Crippen LogP contribution in [-0.2, 0) is 19.1 Å². The Labute approximate surface area is 229 Å². The summed E-state index contributed by atoms with van der Waals surface area (Å²) in [6.07, 6.45) is 11.0. The first kappa shape index (κ1) is 27.7. The van der Waals surface area contributed by atoms with E-state index in [0.29, 0.717) is 22.7 Å². The van der Waals surface area contributed by atoms with Gasteiger partial charge in [0, 0.05) is 31.0 Å². The number of hydrogen-bond donors (Lipinski definition) is 0. The zero-order valence-electron chi connectivity index (χ0n) is 25.2. The van der Waals surface area contributed by atoms with Crippen molar-refractivity contribution < 1.29 is 23.9 Å². The van der Waals surface area contributed by atoms with Gasteiger partial charge in [0.2, 0.25) is 0 Å². The molecule has 0 aromatic rings. The molecular formula is C32H49NO5. The second-order valence-electron chi connectivity index (χ2n) is 15.4. The van der Waals surface area contributed by atoms with Gasteiger partial charge in [-0.2, -0.15) is 0 Å². The van der Waals surface area contributed by atoms with E-state index in [4.69, 9.17) is 9.47 Å². The summed E-state index contributed by atoms with van der Waals surface area (Å²) in [4.78, 5) is 39.4. The summed E-state index contributed by atoms with van der Waals surface area (Å²) in [5.41, 5.74) is 0.992. The molecule has 5 rings (SSSR count). The Kier molecular flexibility index (Phi) is 6.07. The fourth-order valence-corrected chi connectivity index (χ4v) is 10.7. The lowest BCUT2D eigenvalue weighted by atomic mass is 9.42. The van der Waals surface area contributed by atoms with Crippen molar-refractivity contribution in [1.82, 2.24) is 4.90 Å². The van der Waals surface area contributed by atoms with E-state index < -0.39 is 11.6 Å². The number of allylic oxidation sites excluding steroid dienone is 1. The monoisotopic (exact) mass is 527 g/mol. The minimum atomic E-state index is -0.498. The molecule has 0 aromatic heterocycles. The molecule has 2 spiro atoms. The Morgan fingerprint density at radius 2 is 1.61 bits per heavy atom. The summed E-state index contributed by atoms with van der Waals surface area (Å²) >= 11 is 0. The molecule has 6 heteroatoms. The third-order valence-corrected chi connectivity index (χ3v) is 12.5. The molecule has 6 nitrogen and oxygen atoms in total. The molecule has 0 N–H and O–H groups in total. The number of hydrogen-bond acceptors (Lipinski definition) is 5. The van der Waals surface area contributed by atoms with Crippen molar-refractivity contribution in [2.24, 2.45) is 38.9 Å².